The van der Waals surface area contributed by atoms with Gasteiger partial charge in [0.1, 0.15) is 0 Å². The molecule has 0 atom stereocenters. The molecule has 3 aromatic rings. The van der Waals surface area contributed by atoms with Crippen molar-refractivity contribution in [2.75, 3.05) is 5.32 Å². The van der Waals surface area contributed by atoms with Gasteiger partial charge in [0, 0.05) is 17.3 Å². The van der Waals surface area contributed by atoms with Gasteiger partial charge < -0.3 is 9.84 Å². The number of carbonyl (C=O) groups is 1. The summed E-state index contributed by atoms with van der Waals surface area (Å²) in [5, 5.41) is 6.62. The number of carbonyl (C=O) groups excluding carboxylic acids is 1. The molecule has 0 radical (unpaired) electrons. The first-order chi connectivity index (χ1) is 10.8. The maximum Gasteiger partial charge on any atom is 0.277 e. The summed E-state index contributed by atoms with van der Waals surface area (Å²) >= 11 is 0. The summed E-state index contributed by atoms with van der Waals surface area (Å²) in [4.78, 5) is 12.1. The van der Waals surface area contributed by atoms with Gasteiger partial charge in [0.2, 0.25) is 0 Å². The van der Waals surface area contributed by atoms with Crippen LogP contribution < -0.4 is 5.32 Å². The average Bonchev–Trinajstić information content (AvgIpc) is 3.06. The van der Waals surface area contributed by atoms with E-state index >= 15 is 0 Å². The number of nitrogens with zero attached hydrogens (tertiary/aromatic N) is 1. The molecule has 0 bridgehead atoms. The number of nitrogens with one attached hydrogen (secondary N) is 1. The molecular weight excluding hydrogens is 276 g/mol. The Kier molecular flexibility index (Phi) is 4.01. The molecule has 3 rings (SSSR count). The van der Waals surface area contributed by atoms with E-state index in [1.807, 2.05) is 54.6 Å². The van der Waals surface area contributed by atoms with E-state index in [2.05, 4.69) is 17.4 Å². The Morgan fingerprint density at radius 2 is 1.82 bits per heavy atom. The van der Waals surface area contributed by atoms with Crippen LogP contribution in [-0.2, 0) is 6.42 Å². The molecule has 1 heterocycles. The van der Waals surface area contributed by atoms with E-state index in [0.717, 1.165) is 17.7 Å². The van der Waals surface area contributed by atoms with Crippen LogP contribution in [0, 0.1) is 0 Å². The van der Waals surface area contributed by atoms with Gasteiger partial charge in [-0.1, -0.05) is 54.5 Å². The van der Waals surface area contributed by atoms with Gasteiger partial charge in [0.15, 0.2) is 11.5 Å². The molecule has 1 N–H and O–H groups in total. The average molecular weight is 292 g/mol. The molecule has 2 aromatic carbocycles. The number of aryl methyl sites for hydroxylation is 1. The minimum atomic E-state index is -0.286. The molecule has 0 aliphatic carbocycles. The van der Waals surface area contributed by atoms with Crippen LogP contribution in [-0.4, -0.2) is 11.1 Å². The van der Waals surface area contributed by atoms with Gasteiger partial charge >= 0.3 is 0 Å². The minimum absolute atomic E-state index is 0.262. The van der Waals surface area contributed by atoms with Crippen molar-refractivity contribution in [3.05, 3.63) is 71.9 Å². The van der Waals surface area contributed by atoms with Gasteiger partial charge in [-0.3, -0.25) is 4.79 Å². The lowest BCUT2D eigenvalue weighted by Crippen LogP contribution is -2.11. The molecule has 4 heteroatoms. The van der Waals surface area contributed by atoms with E-state index in [0.29, 0.717) is 5.76 Å². The third-order valence-corrected chi connectivity index (χ3v) is 3.42. The van der Waals surface area contributed by atoms with Crippen LogP contribution in [0.25, 0.3) is 11.3 Å². The Hall–Kier alpha value is -2.88. The monoisotopic (exact) mass is 292 g/mol. The van der Waals surface area contributed by atoms with Crippen LogP contribution in [0.15, 0.2) is 65.2 Å². The lowest BCUT2D eigenvalue weighted by molar-refractivity contribution is 0.101. The number of rotatable bonds is 4. The minimum Gasteiger partial charge on any atom is -0.355 e. The van der Waals surface area contributed by atoms with Crippen LogP contribution in [0.5, 0.6) is 0 Å². The molecule has 0 aliphatic heterocycles. The third-order valence-electron chi connectivity index (χ3n) is 3.42. The van der Waals surface area contributed by atoms with Crippen LogP contribution in [0.3, 0.4) is 0 Å². The summed E-state index contributed by atoms with van der Waals surface area (Å²) in [6, 6.07) is 18.9. The quantitative estimate of drug-likeness (QED) is 0.785. The number of para-hydroxylation sites is 1. The summed E-state index contributed by atoms with van der Waals surface area (Å²) in [6.45, 7) is 2.11. The van der Waals surface area contributed by atoms with E-state index < -0.39 is 0 Å². The zero-order chi connectivity index (χ0) is 15.4. The van der Waals surface area contributed by atoms with E-state index in [1.54, 1.807) is 6.07 Å². The van der Waals surface area contributed by atoms with Gasteiger partial charge in [-0.05, 0) is 24.1 Å². The lowest BCUT2D eigenvalue weighted by Gasteiger charge is -2.00. The first-order valence-electron chi connectivity index (χ1n) is 7.18. The fourth-order valence-electron chi connectivity index (χ4n) is 2.14. The molecule has 22 heavy (non-hydrogen) atoms. The van der Waals surface area contributed by atoms with Crippen molar-refractivity contribution >= 4 is 11.6 Å². The largest absolute Gasteiger partial charge is 0.355 e. The van der Waals surface area contributed by atoms with Crippen molar-refractivity contribution in [1.82, 2.24) is 5.16 Å². The van der Waals surface area contributed by atoms with Gasteiger partial charge in [-0.2, -0.15) is 0 Å². The Morgan fingerprint density at radius 3 is 2.50 bits per heavy atom. The Bertz CT molecular complexity index is 761. The van der Waals surface area contributed by atoms with E-state index in [4.69, 9.17) is 4.52 Å². The third kappa shape index (κ3) is 3.06. The summed E-state index contributed by atoms with van der Waals surface area (Å²) < 4.78 is 5.27. The van der Waals surface area contributed by atoms with Gasteiger partial charge in [-0.15, -0.1) is 0 Å². The number of aromatic nitrogens is 1. The molecule has 0 unspecified atom stereocenters. The Labute approximate surface area is 128 Å². The molecular formula is C18H16N2O2. The van der Waals surface area contributed by atoms with E-state index in [9.17, 15) is 4.79 Å². The lowest BCUT2D eigenvalue weighted by atomic mass is 10.1. The second kappa shape index (κ2) is 6.26. The maximum absolute atomic E-state index is 12.1. The normalized spacial score (nSPS) is 10.4. The molecule has 0 saturated carbocycles. The fourth-order valence-corrected chi connectivity index (χ4v) is 2.14. The summed E-state index contributed by atoms with van der Waals surface area (Å²) in [6.07, 6.45) is 0.988. The number of anilines is 1. The predicted octanol–water partition coefficient (Wildman–Crippen LogP) is 4.16. The smallest absolute Gasteiger partial charge is 0.277 e. The first kappa shape index (κ1) is 14.1. The van der Waals surface area contributed by atoms with Crippen molar-refractivity contribution < 1.29 is 9.32 Å². The standard InChI is InChI=1S/C18H16N2O2/c1-2-13-8-10-14(11-9-13)17-12-16(20-22-17)18(21)19-15-6-4-3-5-7-15/h3-12H,2H2,1H3,(H,19,21). The van der Waals surface area contributed by atoms with Gasteiger partial charge in [0.25, 0.3) is 5.91 Å². The van der Waals surface area contributed by atoms with Crippen molar-refractivity contribution in [3.8, 4) is 11.3 Å². The molecule has 0 spiro atoms. The van der Waals surface area contributed by atoms with Crippen molar-refractivity contribution in [3.63, 3.8) is 0 Å². The summed E-state index contributed by atoms with van der Waals surface area (Å²) in [5.41, 5.74) is 3.15. The second-order valence-corrected chi connectivity index (χ2v) is 4.95. The SMILES string of the molecule is CCc1ccc(-c2cc(C(=O)Nc3ccccc3)no2)cc1. The van der Waals surface area contributed by atoms with Crippen LogP contribution >= 0.6 is 0 Å². The van der Waals surface area contributed by atoms with Crippen LogP contribution in [0.1, 0.15) is 23.0 Å². The number of hydrogen-bond donors (Lipinski definition) is 1. The first-order valence-corrected chi connectivity index (χ1v) is 7.18. The highest BCUT2D eigenvalue weighted by molar-refractivity contribution is 6.03. The van der Waals surface area contributed by atoms with Crippen LogP contribution in [0.2, 0.25) is 0 Å². The summed E-state index contributed by atoms with van der Waals surface area (Å²) in [5.74, 6) is 0.298. The highest BCUT2D eigenvalue weighted by Crippen LogP contribution is 2.21. The molecule has 4 nitrogen and oxygen atoms in total. The molecule has 0 aliphatic rings. The number of amides is 1. The van der Waals surface area contributed by atoms with Crippen LogP contribution in [0.4, 0.5) is 5.69 Å². The maximum atomic E-state index is 12.1. The molecule has 0 fully saturated rings. The molecule has 1 aromatic heterocycles. The van der Waals surface area contributed by atoms with Crippen molar-refractivity contribution in [2.24, 2.45) is 0 Å². The highest BCUT2D eigenvalue weighted by Gasteiger charge is 2.13. The highest BCUT2D eigenvalue weighted by atomic mass is 16.5. The van der Waals surface area contributed by atoms with Crippen molar-refractivity contribution in [2.45, 2.75) is 13.3 Å². The Morgan fingerprint density at radius 1 is 1.09 bits per heavy atom. The van der Waals surface area contributed by atoms with Crippen molar-refractivity contribution in [1.29, 1.82) is 0 Å². The Balaban J connectivity index is 1.76. The van der Waals surface area contributed by atoms with E-state index in [1.165, 1.54) is 5.56 Å². The predicted molar refractivity (Wildman–Crippen MR) is 85.7 cm³/mol. The second-order valence-electron chi connectivity index (χ2n) is 4.95. The number of benzene rings is 2. The topological polar surface area (TPSA) is 55.1 Å². The van der Waals surface area contributed by atoms with Gasteiger partial charge in [0.05, 0.1) is 0 Å². The zero-order valence-electron chi connectivity index (χ0n) is 12.2. The molecule has 110 valence electrons. The number of hydrogen-bond acceptors (Lipinski definition) is 3. The zero-order valence-corrected chi connectivity index (χ0v) is 12.2. The van der Waals surface area contributed by atoms with Gasteiger partial charge in [-0.25, -0.2) is 0 Å². The summed E-state index contributed by atoms with van der Waals surface area (Å²) in [7, 11) is 0. The molecule has 0 saturated heterocycles. The fraction of sp³-hybridized carbons (Fsp3) is 0.111. The van der Waals surface area contributed by atoms with E-state index in [-0.39, 0.29) is 11.6 Å². The molecule has 1 amide bonds.